The zero-order chi connectivity index (χ0) is 26.6. The molecule has 0 saturated heterocycles. The number of amidine groups is 1. The molecule has 8 heteroatoms. The van der Waals surface area contributed by atoms with Crippen molar-refractivity contribution < 1.29 is 4.74 Å². The molecule has 5 rings (SSSR count). The molecule has 2 aromatic heterocycles. The second kappa shape index (κ2) is 11.5. The average Bonchev–Trinajstić information content (AvgIpc) is 3.56. The number of anilines is 1. The second-order valence-corrected chi connectivity index (χ2v) is 10.3. The molecule has 0 radical (unpaired) electrons. The summed E-state index contributed by atoms with van der Waals surface area (Å²) in [5.74, 6) is 1.21. The van der Waals surface area contributed by atoms with Crippen LogP contribution >= 0.6 is 11.6 Å². The molecule has 0 bridgehead atoms. The number of aliphatic imine (C=N–C) groups is 1. The molecule has 0 unspecified atom stereocenters. The molecule has 2 heterocycles. The Hall–Kier alpha value is -3.55. The molecule has 0 amide bonds. The number of aromatic nitrogens is 2. The van der Waals surface area contributed by atoms with Gasteiger partial charge >= 0.3 is 0 Å². The van der Waals surface area contributed by atoms with E-state index in [2.05, 4.69) is 47.8 Å². The quantitative estimate of drug-likeness (QED) is 0.173. The highest BCUT2D eigenvalue weighted by atomic mass is 35.5. The van der Waals surface area contributed by atoms with Crippen LogP contribution in [-0.2, 0) is 0 Å². The molecular formula is C30H35ClN6O. The highest BCUT2D eigenvalue weighted by Gasteiger charge is 2.26. The lowest BCUT2D eigenvalue weighted by atomic mass is 10.0. The lowest BCUT2D eigenvalue weighted by Gasteiger charge is -2.19. The minimum absolute atomic E-state index is 0.323. The Morgan fingerprint density at radius 3 is 2.76 bits per heavy atom. The molecule has 0 aliphatic heterocycles. The Balaban J connectivity index is 1.57. The third-order valence-corrected chi connectivity index (χ3v) is 7.53. The summed E-state index contributed by atoms with van der Waals surface area (Å²) < 4.78 is 7.31. The van der Waals surface area contributed by atoms with Crippen molar-refractivity contribution in [2.75, 3.05) is 19.0 Å². The predicted octanol–water partition coefficient (Wildman–Crippen LogP) is 6.34. The van der Waals surface area contributed by atoms with Gasteiger partial charge in [-0.05, 0) is 80.6 Å². The Bertz CT molecular complexity index is 1460. The smallest absolute Gasteiger partial charge is 0.135 e. The third kappa shape index (κ3) is 5.49. The summed E-state index contributed by atoms with van der Waals surface area (Å²) in [6.07, 6.45) is 8.27. The lowest BCUT2D eigenvalue weighted by Crippen LogP contribution is -2.29. The minimum Gasteiger partial charge on any atom is -0.497 e. The largest absolute Gasteiger partial charge is 0.497 e. The molecule has 1 fully saturated rings. The fraction of sp³-hybridized carbons (Fsp3) is 0.333. The summed E-state index contributed by atoms with van der Waals surface area (Å²) in [7, 11) is 1.68. The van der Waals surface area contributed by atoms with Crippen LogP contribution in [0.3, 0.4) is 0 Å². The van der Waals surface area contributed by atoms with Gasteiger partial charge in [-0.3, -0.25) is 0 Å². The van der Waals surface area contributed by atoms with E-state index in [4.69, 9.17) is 27.2 Å². The topological polar surface area (TPSA) is 89.0 Å². The molecule has 7 nitrogen and oxygen atoms in total. The Kier molecular flexibility index (Phi) is 7.86. The molecule has 2 atom stereocenters. The molecule has 1 saturated carbocycles. The van der Waals surface area contributed by atoms with Gasteiger partial charge in [0, 0.05) is 23.8 Å². The number of nitrogens with one attached hydrogen (secondary N) is 2. The summed E-state index contributed by atoms with van der Waals surface area (Å²) >= 11 is 6.38. The van der Waals surface area contributed by atoms with Crippen molar-refractivity contribution >= 4 is 34.3 Å². The number of hydrogen-bond acceptors (Lipinski definition) is 5. The summed E-state index contributed by atoms with van der Waals surface area (Å²) in [5.41, 5.74) is 13.2. The second-order valence-electron chi connectivity index (χ2n) is 9.93. The van der Waals surface area contributed by atoms with E-state index in [1.165, 1.54) is 0 Å². The maximum Gasteiger partial charge on any atom is 0.135 e. The van der Waals surface area contributed by atoms with Gasteiger partial charge in [-0.25, -0.2) is 9.51 Å². The zero-order valence-corrected chi connectivity index (χ0v) is 22.9. The lowest BCUT2D eigenvalue weighted by molar-refractivity contribution is 0.414. The van der Waals surface area contributed by atoms with Gasteiger partial charge in [0.05, 0.1) is 40.8 Å². The van der Waals surface area contributed by atoms with Gasteiger partial charge in [0.1, 0.15) is 11.6 Å². The average molecular weight is 531 g/mol. The van der Waals surface area contributed by atoms with Gasteiger partial charge in [-0.1, -0.05) is 36.7 Å². The maximum atomic E-state index is 6.60. The van der Waals surface area contributed by atoms with Crippen molar-refractivity contribution in [3.8, 4) is 16.9 Å². The van der Waals surface area contributed by atoms with Crippen LogP contribution in [-0.4, -0.2) is 41.2 Å². The predicted molar refractivity (Wildman–Crippen MR) is 157 cm³/mol. The van der Waals surface area contributed by atoms with E-state index in [1.807, 2.05) is 40.9 Å². The van der Waals surface area contributed by atoms with Crippen molar-refractivity contribution in [2.45, 2.75) is 51.6 Å². The van der Waals surface area contributed by atoms with Crippen molar-refractivity contribution in [2.24, 2.45) is 10.7 Å². The first-order valence-electron chi connectivity index (χ1n) is 13.2. The SMILES string of the molecule is CCCN[C@H]1CC[C@@H](Nc2c(/C(N)=N/c3ccccc3Cl)cnn3cc(-c4ccc(OC)cc4C)cc23)C1. The summed E-state index contributed by atoms with van der Waals surface area (Å²) in [4.78, 5) is 4.67. The zero-order valence-electron chi connectivity index (χ0n) is 22.2. The molecule has 0 spiro atoms. The number of hydrogen-bond donors (Lipinski definition) is 3. The van der Waals surface area contributed by atoms with Crippen LogP contribution < -0.4 is 21.1 Å². The van der Waals surface area contributed by atoms with E-state index in [9.17, 15) is 0 Å². The fourth-order valence-corrected chi connectivity index (χ4v) is 5.40. The highest BCUT2D eigenvalue weighted by molar-refractivity contribution is 6.33. The summed E-state index contributed by atoms with van der Waals surface area (Å²) in [6.45, 7) is 5.34. The monoisotopic (exact) mass is 530 g/mol. The van der Waals surface area contributed by atoms with Crippen LogP contribution in [0.4, 0.5) is 11.4 Å². The van der Waals surface area contributed by atoms with Gasteiger partial charge in [0.25, 0.3) is 0 Å². The molecule has 2 aromatic carbocycles. The molecule has 38 heavy (non-hydrogen) atoms. The number of benzene rings is 2. The highest BCUT2D eigenvalue weighted by Crippen LogP contribution is 2.34. The van der Waals surface area contributed by atoms with Crippen LogP contribution in [0, 0.1) is 6.92 Å². The number of nitrogens with two attached hydrogens (primary N) is 1. The normalized spacial score (nSPS) is 17.7. The van der Waals surface area contributed by atoms with Crippen molar-refractivity contribution in [3.05, 3.63) is 77.1 Å². The Labute approximate surface area is 229 Å². The van der Waals surface area contributed by atoms with E-state index in [-0.39, 0.29) is 0 Å². The van der Waals surface area contributed by atoms with Crippen LogP contribution in [0.2, 0.25) is 5.02 Å². The van der Waals surface area contributed by atoms with Crippen LogP contribution in [0.5, 0.6) is 5.75 Å². The van der Waals surface area contributed by atoms with Gasteiger partial charge < -0.3 is 21.1 Å². The number of ether oxygens (including phenoxy) is 1. The minimum atomic E-state index is 0.323. The van der Waals surface area contributed by atoms with Crippen LogP contribution in [0.1, 0.15) is 43.7 Å². The van der Waals surface area contributed by atoms with E-state index in [0.29, 0.717) is 28.6 Å². The van der Waals surface area contributed by atoms with Crippen molar-refractivity contribution in [1.82, 2.24) is 14.9 Å². The number of para-hydroxylation sites is 1. The number of methoxy groups -OCH3 is 1. The number of nitrogens with zero attached hydrogens (tertiary/aromatic N) is 3. The van der Waals surface area contributed by atoms with E-state index >= 15 is 0 Å². The Morgan fingerprint density at radius 2 is 2.00 bits per heavy atom. The van der Waals surface area contributed by atoms with Gasteiger partial charge in [-0.15, -0.1) is 0 Å². The van der Waals surface area contributed by atoms with Crippen molar-refractivity contribution in [3.63, 3.8) is 0 Å². The van der Waals surface area contributed by atoms with E-state index in [0.717, 1.165) is 71.4 Å². The first kappa shape index (κ1) is 26.1. The first-order chi connectivity index (χ1) is 18.5. The fourth-order valence-electron chi connectivity index (χ4n) is 5.22. The number of aryl methyl sites for hydroxylation is 1. The van der Waals surface area contributed by atoms with Crippen molar-refractivity contribution in [1.29, 1.82) is 0 Å². The molecule has 4 N–H and O–H groups in total. The molecule has 198 valence electrons. The molecule has 1 aliphatic rings. The van der Waals surface area contributed by atoms with E-state index < -0.39 is 0 Å². The van der Waals surface area contributed by atoms with Crippen LogP contribution in [0.25, 0.3) is 16.6 Å². The Morgan fingerprint density at radius 1 is 1.18 bits per heavy atom. The molecular weight excluding hydrogens is 496 g/mol. The first-order valence-corrected chi connectivity index (χ1v) is 13.6. The summed E-state index contributed by atoms with van der Waals surface area (Å²) in [5, 5.41) is 12.8. The number of rotatable bonds is 9. The van der Waals surface area contributed by atoms with Crippen LogP contribution in [0.15, 0.2) is 65.9 Å². The molecule has 4 aromatic rings. The maximum absolute atomic E-state index is 6.60. The van der Waals surface area contributed by atoms with Gasteiger partial charge in [0.2, 0.25) is 0 Å². The molecule has 1 aliphatic carbocycles. The number of fused-ring (bicyclic) bond motifs is 1. The standard InChI is InChI=1S/C30H35ClN6O/c1-4-13-33-21-9-10-22(16-21)35-29-25(30(32)36-27-8-6-5-7-26(27)31)17-34-37-18-20(15-28(29)37)24-12-11-23(38-3)14-19(24)2/h5-8,11-12,14-15,17-18,21-22,33,35H,4,9-10,13,16H2,1-3H3,(H2,32,36)/t21-,22+/m0/s1. The van der Waals surface area contributed by atoms with E-state index in [1.54, 1.807) is 13.3 Å². The van der Waals surface area contributed by atoms with Gasteiger partial charge in [0.15, 0.2) is 0 Å². The summed E-state index contributed by atoms with van der Waals surface area (Å²) in [6, 6.07) is 16.6. The number of halogens is 1. The third-order valence-electron chi connectivity index (χ3n) is 7.22. The van der Waals surface area contributed by atoms with Gasteiger partial charge in [-0.2, -0.15) is 5.10 Å².